The van der Waals surface area contributed by atoms with Crippen molar-refractivity contribution in [2.45, 2.75) is 0 Å². The number of fused-ring (bicyclic) bond motifs is 2. The number of anilines is 2. The van der Waals surface area contributed by atoms with Crippen LogP contribution in [0.5, 0.6) is 0 Å². The predicted octanol–water partition coefficient (Wildman–Crippen LogP) is 4.64. The first-order valence-corrected chi connectivity index (χ1v) is 8.48. The average Bonchev–Trinajstić information content (AvgIpc) is 3.33. The second kappa shape index (κ2) is 5.64. The highest BCUT2D eigenvalue weighted by Gasteiger charge is 2.09. The van der Waals surface area contributed by atoms with Crippen molar-refractivity contribution in [2.24, 2.45) is 0 Å². The van der Waals surface area contributed by atoms with E-state index in [-0.39, 0.29) is 0 Å². The van der Waals surface area contributed by atoms with Gasteiger partial charge in [-0.25, -0.2) is 15.0 Å². The smallest absolute Gasteiger partial charge is 0.141 e. The molecule has 1 N–H and O–H groups in total. The maximum atomic E-state index is 5.15. The molecule has 5 aromatic rings. The van der Waals surface area contributed by atoms with Crippen LogP contribution in [0.15, 0.2) is 65.3 Å². The lowest BCUT2D eigenvalue weighted by Gasteiger charge is -2.09. The Labute approximate surface area is 146 Å². The van der Waals surface area contributed by atoms with Crippen LogP contribution in [0.25, 0.3) is 32.4 Å². The summed E-state index contributed by atoms with van der Waals surface area (Å²) in [5.74, 6) is 0.728. The minimum Gasteiger partial charge on any atom is -0.472 e. The highest BCUT2D eigenvalue weighted by molar-refractivity contribution is 7.16. The molecule has 1 aromatic carbocycles. The lowest BCUT2D eigenvalue weighted by molar-refractivity contribution is 0.568. The molecular formula is C18H11N5OS. The van der Waals surface area contributed by atoms with E-state index >= 15 is 0 Å². The Morgan fingerprint density at radius 1 is 0.960 bits per heavy atom. The number of nitrogens with zero attached hydrogens (tertiary/aromatic N) is 4. The Kier molecular flexibility index (Phi) is 3.17. The fraction of sp³-hybridized carbons (Fsp3) is 0. The molecule has 7 heteroatoms. The van der Waals surface area contributed by atoms with Gasteiger partial charge in [-0.15, -0.1) is 11.3 Å². The molecular weight excluding hydrogens is 334 g/mol. The van der Waals surface area contributed by atoms with Gasteiger partial charge in [-0.1, -0.05) is 0 Å². The molecule has 0 aliphatic heterocycles. The maximum absolute atomic E-state index is 5.15. The van der Waals surface area contributed by atoms with Crippen LogP contribution in [0.2, 0.25) is 0 Å². The molecule has 5 rings (SSSR count). The summed E-state index contributed by atoms with van der Waals surface area (Å²) in [4.78, 5) is 17.5. The summed E-state index contributed by atoms with van der Waals surface area (Å²) < 4.78 is 6.30. The summed E-state index contributed by atoms with van der Waals surface area (Å²) in [7, 11) is 0. The van der Waals surface area contributed by atoms with Gasteiger partial charge in [-0.3, -0.25) is 4.98 Å². The van der Waals surface area contributed by atoms with Gasteiger partial charge < -0.3 is 9.73 Å². The lowest BCUT2D eigenvalue weighted by atomic mass is 10.1. The third-order valence-electron chi connectivity index (χ3n) is 3.93. The predicted molar refractivity (Wildman–Crippen MR) is 97.9 cm³/mol. The first-order valence-electron chi connectivity index (χ1n) is 7.60. The summed E-state index contributed by atoms with van der Waals surface area (Å²) in [6.07, 6.45) is 6.57. The molecule has 4 aromatic heterocycles. The number of nitrogens with one attached hydrogen (secondary N) is 1. The second-order valence-corrected chi connectivity index (χ2v) is 6.37. The molecule has 0 amide bonds. The van der Waals surface area contributed by atoms with Gasteiger partial charge in [0.05, 0.1) is 45.7 Å². The summed E-state index contributed by atoms with van der Waals surface area (Å²) in [5, 5.41) is 4.26. The van der Waals surface area contributed by atoms with Gasteiger partial charge in [0.2, 0.25) is 0 Å². The van der Waals surface area contributed by atoms with E-state index in [0.29, 0.717) is 0 Å². The SMILES string of the molecule is c1nc(Nc2ccc3scnc3c2)c2cc(-c3ccoc3)ncc2n1. The monoisotopic (exact) mass is 345 g/mol. The maximum Gasteiger partial charge on any atom is 0.141 e. The third kappa shape index (κ3) is 2.50. The highest BCUT2D eigenvalue weighted by atomic mass is 32.1. The molecule has 0 bridgehead atoms. The minimum atomic E-state index is 0.728. The summed E-state index contributed by atoms with van der Waals surface area (Å²) in [6, 6.07) is 9.92. The van der Waals surface area contributed by atoms with E-state index in [4.69, 9.17) is 4.42 Å². The van der Waals surface area contributed by atoms with Gasteiger partial charge in [0, 0.05) is 16.6 Å². The Morgan fingerprint density at radius 3 is 2.88 bits per heavy atom. The van der Waals surface area contributed by atoms with Gasteiger partial charge in [0.15, 0.2) is 0 Å². The Hall–Kier alpha value is -3.32. The van der Waals surface area contributed by atoms with E-state index in [0.717, 1.165) is 43.9 Å². The standard InChI is InChI=1S/C18H11N5OS/c1-2-17-15(22-10-25-17)5-12(1)23-18-13-6-14(11-3-4-24-8-11)19-7-16(13)20-9-21-18/h1-10H,(H,20,21,23). The number of hydrogen-bond donors (Lipinski definition) is 1. The van der Waals surface area contributed by atoms with E-state index in [1.54, 1.807) is 30.1 Å². The minimum absolute atomic E-state index is 0.728. The van der Waals surface area contributed by atoms with Gasteiger partial charge in [-0.05, 0) is 30.3 Å². The second-order valence-electron chi connectivity index (χ2n) is 5.48. The van der Waals surface area contributed by atoms with Crippen LogP contribution in [-0.4, -0.2) is 19.9 Å². The number of thiazole rings is 1. The molecule has 120 valence electrons. The highest BCUT2D eigenvalue weighted by Crippen LogP contribution is 2.28. The number of aromatic nitrogens is 4. The zero-order valence-electron chi connectivity index (χ0n) is 12.9. The van der Waals surface area contributed by atoms with E-state index in [9.17, 15) is 0 Å². The molecule has 0 fully saturated rings. The number of benzene rings is 1. The van der Waals surface area contributed by atoms with E-state index in [2.05, 4.69) is 31.3 Å². The van der Waals surface area contributed by atoms with Gasteiger partial charge in [0.25, 0.3) is 0 Å². The van der Waals surface area contributed by atoms with Crippen LogP contribution in [0, 0.1) is 0 Å². The fourth-order valence-electron chi connectivity index (χ4n) is 2.70. The summed E-state index contributed by atoms with van der Waals surface area (Å²) in [6.45, 7) is 0. The Balaban J connectivity index is 1.60. The first-order chi connectivity index (χ1) is 12.4. The van der Waals surface area contributed by atoms with Crippen molar-refractivity contribution in [2.75, 3.05) is 5.32 Å². The van der Waals surface area contributed by atoms with Crippen LogP contribution < -0.4 is 5.32 Å². The molecule has 0 unspecified atom stereocenters. The number of rotatable bonds is 3. The van der Waals surface area contributed by atoms with Crippen molar-refractivity contribution in [1.82, 2.24) is 19.9 Å². The van der Waals surface area contributed by atoms with E-state index in [1.165, 1.54) is 6.33 Å². The van der Waals surface area contributed by atoms with Crippen molar-refractivity contribution in [3.8, 4) is 11.3 Å². The van der Waals surface area contributed by atoms with E-state index < -0.39 is 0 Å². The van der Waals surface area contributed by atoms with Crippen LogP contribution in [0.1, 0.15) is 0 Å². The van der Waals surface area contributed by atoms with Crippen LogP contribution in [-0.2, 0) is 0 Å². The topological polar surface area (TPSA) is 76.7 Å². The molecule has 0 aliphatic carbocycles. The Morgan fingerprint density at radius 2 is 1.96 bits per heavy atom. The molecule has 0 aliphatic rings. The van der Waals surface area contributed by atoms with Gasteiger partial charge in [-0.2, -0.15) is 0 Å². The average molecular weight is 345 g/mol. The normalized spacial score (nSPS) is 11.2. The molecule has 0 spiro atoms. The van der Waals surface area contributed by atoms with E-state index in [1.807, 2.05) is 29.8 Å². The number of furan rings is 1. The van der Waals surface area contributed by atoms with Crippen LogP contribution >= 0.6 is 11.3 Å². The molecule has 0 saturated heterocycles. The van der Waals surface area contributed by atoms with Crippen molar-refractivity contribution in [3.05, 3.63) is 60.9 Å². The van der Waals surface area contributed by atoms with Crippen molar-refractivity contribution in [3.63, 3.8) is 0 Å². The van der Waals surface area contributed by atoms with Crippen molar-refractivity contribution in [1.29, 1.82) is 0 Å². The largest absolute Gasteiger partial charge is 0.472 e. The molecule has 0 saturated carbocycles. The summed E-state index contributed by atoms with van der Waals surface area (Å²) in [5.41, 5.74) is 6.25. The lowest BCUT2D eigenvalue weighted by Crippen LogP contribution is -1.97. The molecule has 6 nitrogen and oxygen atoms in total. The summed E-state index contributed by atoms with van der Waals surface area (Å²) >= 11 is 1.62. The molecule has 25 heavy (non-hydrogen) atoms. The quantitative estimate of drug-likeness (QED) is 0.513. The molecule has 0 atom stereocenters. The fourth-order valence-corrected chi connectivity index (χ4v) is 3.36. The third-order valence-corrected chi connectivity index (χ3v) is 4.74. The zero-order chi connectivity index (χ0) is 16.6. The van der Waals surface area contributed by atoms with Crippen molar-refractivity contribution < 1.29 is 4.42 Å². The zero-order valence-corrected chi connectivity index (χ0v) is 13.7. The van der Waals surface area contributed by atoms with Crippen LogP contribution in [0.4, 0.5) is 11.5 Å². The Bertz CT molecular complexity index is 1180. The van der Waals surface area contributed by atoms with Gasteiger partial charge in [0.1, 0.15) is 12.1 Å². The molecule has 0 radical (unpaired) electrons. The van der Waals surface area contributed by atoms with Gasteiger partial charge >= 0.3 is 0 Å². The first kappa shape index (κ1) is 14.1. The van der Waals surface area contributed by atoms with Crippen molar-refractivity contribution >= 4 is 44.0 Å². The molecule has 4 heterocycles. The number of pyridine rings is 1. The number of hydrogen-bond acceptors (Lipinski definition) is 7. The van der Waals surface area contributed by atoms with Crippen LogP contribution in [0.3, 0.4) is 0 Å².